The molecule has 1 fully saturated rings. The summed E-state index contributed by atoms with van der Waals surface area (Å²) in [6.45, 7) is 0.741. The molecule has 2 unspecified atom stereocenters. The number of alkyl halides is 3. The molecule has 6 heteroatoms. The van der Waals surface area contributed by atoms with Gasteiger partial charge >= 0.3 is 12.1 Å². The van der Waals surface area contributed by atoms with Gasteiger partial charge in [0.15, 0.2) is 0 Å². The van der Waals surface area contributed by atoms with E-state index in [0.29, 0.717) is 31.6 Å². The van der Waals surface area contributed by atoms with Gasteiger partial charge in [0.05, 0.1) is 5.41 Å². The van der Waals surface area contributed by atoms with Crippen LogP contribution in [0.2, 0.25) is 0 Å². The lowest BCUT2D eigenvalue weighted by Crippen LogP contribution is -2.29. The van der Waals surface area contributed by atoms with Crippen molar-refractivity contribution in [2.75, 3.05) is 13.2 Å². The molecule has 0 spiro atoms. The van der Waals surface area contributed by atoms with Crippen LogP contribution in [0.3, 0.4) is 0 Å². The monoisotopic (exact) mass is 282 g/mol. The zero-order valence-electron chi connectivity index (χ0n) is 11.1. The fourth-order valence-electron chi connectivity index (χ4n) is 2.81. The van der Waals surface area contributed by atoms with Crippen molar-refractivity contribution in [3.8, 4) is 0 Å². The Kier molecular flexibility index (Phi) is 5.64. The zero-order valence-corrected chi connectivity index (χ0v) is 11.1. The van der Waals surface area contributed by atoms with E-state index >= 15 is 0 Å². The maximum absolute atomic E-state index is 11.9. The molecule has 0 heterocycles. The SMILES string of the molecule is CCC1CCC(CCCOCC(F)(F)F)(C(=O)O)C1. The molecule has 1 aliphatic carbocycles. The highest BCUT2D eigenvalue weighted by Crippen LogP contribution is 2.46. The Labute approximate surface area is 111 Å². The summed E-state index contributed by atoms with van der Waals surface area (Å²) in [5, 5.41) is 9.34. The zero-order chi connectivity index (χ0) is 14.5. The van der Waals surface area contributed by atoms with Gasteiger partial charge in [-0.15, -0.1) is 0 Å². The van der Waals surface area contributed by atoms with Gasteiger partial charge in [0.25, 0.3) is 0 Å². The van der Waals surface area contributed by atoms with Crippen LogP contribution in [0, 0.1) is 11.3 Å². The smallest absolute Gasteiger partial charge is 0.411 e. The Hall–Kier alpha value is -0.780. The molecule has 0 radical (unpaired) electrons. The van der Waals surface area contributed by atoms with Gasteiger partial charge in [-0.05, 0) is 38.0 Å². The summed E-state index contributed by atoms with van der Waals surface area (Å²) in [6.07, 6.45) is -0.440. The van der Waals surface area contributed by atoms with Crippen molar-refractivity contribution in [3.63, 3.8) is 0 Å². The third kappa shape index (κ3) is 5.01. The average Bonchev–Trinajstić information content (AvgIpc) is 2.72. The molecule has 1 aliphatic rings. The van der Waals surface area contributed by atoms with Gasteiger partial charge in [0.2, 0.25) is 0 Å². The van der Waals surface area contributed by atoms with Crippen LogP contribution in [0.5, 0.6) is 0 Å². The minimum absolute atomic E-state index is 0.0364. The highest BCUT2D eigenvalue weighted by molar-refractivity contribution is 5.75. The molecule has 19 heavy (non-hydrogen) atoms. The molecule has 0 bridgehead atoms. The molecular weight excluding hydrogens is 261 g/mol. The third-order valence-electron chi connectivity index (χ3n) is 3.95. The molecule has 0 aromatic heterocycles. The summed E-state index contributed by atoms with van der Waals surface area (Å²) in [5.74, 6) is -0.397. The van der Waals surface area contributed by atoms with Crippen LogP contribution in [0.1, 0.15) is 45.4 Å². The molecule has 0 saturated heterocycles. The van der Waals surface area contributed by atoms with Crippen LogP contribution in [0.25, 0.3) is 0 Å². The van der Waals surface area contributed by atoms with E-state index in [1.54, 1.807) is 0 Å². The Morgan fingerprint density at radius 2 is 2.16 bits per heavy atom. The predicted molar refractivity (Wildman–Crippen MR) is 63.8 cm³/mol. The van der Waals surface area contributed by atoms with Crippen LogP contribution < -0.4 is 0 Å². The molecule has 3 nitrogen and oxygen atoms in total. The molecule has 1 N–H and O–H groups in total. The fourth-order valence-corrected chi connectivity index (χ4v) is 2.81. The molecule has 0 aromatic rings. The van der Waals surface area contributed by atoms with Crippen molar-refractivity contribution in [1.82, 2.24) is 0 Å². The van der Waals surface area contributed by atoms with Crippen LogP contribution in [0.4, 0.5) is 13.2 Å². The molecular formula is C13H21F3O3. The van der Waals surface area contributed by atoms with E-state index in [0.717, 1.165) is 12.8 Å². The molecule has 0 aromatic carbocycles. The van der Waals surface area contributed by atoms with Crippen LogP contribution in [-0.2, 0) is 9.53 Å². The van der Waals surface area contributed by atoms with Gasteiger partial charge in [-0.25, -0.2) is 0 Å². The molecule has 0 amide bonds. The summed E-state index contributed by atoms with van der Waals surface area (Å²) >= 11 is 0. The minimum atomic E-state index is -4.31. The highest BCUT2D eigenvalue weighted by Gasteiger charge is 2.44. The van der Waals surface area contributed by atoms with E-state index < -0.39 is 24.2 Å². The lowest BCUT2D eigenvalue weighted by atomic mass is 9.80. The van der Waals surface area contributed by atoms with Crippen molar-refractivity contribution >= 4 is 5.97 Å². The standard InChI is InChI=1S/C13H21F3O3/c1-2-10-4-6-12(8-10,11(17)18)5-3-7-19-9-13(14,15)16/h10H,2-9H2,1H3,(H,17,18). The Balaban J connectivity index is 2.34. The molecule has 112 valence electrons. The van der Waals surface area contributed by atoms with E-state index in [9.17, 15) is 23.1 Å². The van der Waals surface area contributed by atoms with E-state index in [-0.39, 0.29) is 6.61 Å². The van der Waals surface area contributed by atoms with Gasteiger partial charge in [0, 0.05) is 6.61 Å². The van der Waals surface area contributed by atoms with Gasteiger partial charge in [0.1, 0.15) is 6.61 Å². The second-order valence-electron chi connectivity index (χ2n) is 5.37. The van der Waals surface area contributed by atoms with Gasteiger partial charge in [-0.3, -0.25) is 4.79 Å². The van der Waals surface area contributed by atoms with E-state index in [1.807, 2.05) is 6.92 Å². The largest absolute Gasteiger partial charge is 0.481 e. The number of ether oxygens (including phenoxy) is 1. The molecule has 0 aliphatic heterocycles. The predicted octanol–water partition coefficient (Wildman–Crippen LogP) is 3.63. The summed E-state index contributed by atoms with van der Waals surface area (Å²) in [7, 11) is 0. The molecule has 1 rings (SSSR count). The number of aliphatic carboxylic acids is 1. The second-order valence-corrected chi connectivity index (χ2v) is 5.37. The average molecular weight is 282 g/mol. The highest BCUT2D eigenvalue weighted by atomic mass is 19.4. The maximum atomic E-state index is 11.9. The summed E-state index contributed by atoms with van der Waals surface area (Å²) in [6, 6.07) is 0. The quantitative estimate of drug-likeness (QED) is 0.725. The number of rotatable bonds is 7. The topological polar surface area (TPSA) is 46.5 Å². The number of carbonyl (C=O) groups is 1. The van der Waals surface area contributed by atoms with Crippen LogP contribution in [0.15, 0.2) is 0 Å². The van der Waals surface area contributed by atoms with Crippen molar-refractivity contribution in [3.05, 3.63) is 0 Å². The van der Waals surface area contributed by atoms with Crippen molar-refractivity contribution in [2.45, 2.75) is 51.6 Å². The first-order valence-corrected chi connectivity index (χ1v) is 6.67. The minimum Gasteiger partial charge on any atom is -0.481 e. The summed E-state index contributed by atoms with van der Waals surface area (Å²) in [5.41, 5.74) is -0.748. The number of carboxylic acid groups (broad SMARTS) is 1. The number of carboxylic acids is 1. The van der Waals surface area contributed by atoms with Crippen molar-refractivity contribution in [2.24, 2.45) is 11.3 Å². The maximum Gasteiger partial charge on any atom is 0.411 e. The summed E-state index contributed by atoms with van der Waals surface area (Å²) < 4.78 is 40.1. The lowest BCUT2D eigenvalue weighted by Gasteiger charge is -2.24. The lowest BCUT2D eigenvalue weighted by molar-refractivity contribution is -0.174. The van der Waals surface area contributed by atoms with E-state index in [1.165, 1.54) is 0 Å². The number of halogens is 3. The molecule has 2 atom stereocenters. The fraction of sp³-hybridized carbons (Fsp3) is 0.923. The van der Waals surface area contributed by atoms with E-state index in [2.05, 4.69) is 4.74 Å². The van der Waals surface area contributed by atoms with Crippen LogP contribution in [-0.4, -0.2) is 30.5 Å². The van der Waals surface area contributed by atoms with Gasteiger partial charge in [-0.1, -0.05) is 13.3 Å². The van der Waals surface area contributed by atoms with Gasteiger partial charge < -0.3 is 9.84 Å². The van der Waals surface area contributed by atoms with Crippen LogP contribution >= 0.6 is 0 Å². The first-order chi connectivity index (χ1) is 8.79. The molecule has 1 saturated carbocycles. The first kappa shape index (κ1) is 16.3. The normalized spacial score (nSPS) is 27.7. The Morgan fingerprint density at radius 1 is 1.47 bits per heavy atom. The Morgan fingerprint density at radius 3 is 2.63 bits per heavy atom. The first-order valence-electron chi connectivity index (χ1n) is 6.67. The van der Waals surface area contributed by atoms with Crippen molar-refractivity contribution in [1.29, 1.82) is 0 Å². The van der Waals surface area contributed by atoms with Gasteiger partial charge in [-0.2, -0.15) is 13.2 Å². The second kappa shape index (κ2) is 6.59. The number of hydrogen-bond acceptors (Lipinski definition) is 2. The summed E-state index contributed by atoms with van der Waals surface area (Å²) in [4.78, 5) is 11.4. The Bertz CT molecular complexity index is 304. The van der Waals surface area contributed by atoms with Crippen molar-refractivity contribution < 1.29 is 27.8 Å². The number of hydrogen-bond donors (Lipinski definition) is 1. The van der Waals surface area contributed by atoms with E-state index in [4.69, 9.17) is 0 Å². The third-order valence-corrected chi connectivity index (χ3v) is 3.95.